The highest BCUT2D eigenvalue weighted by Crippen LogP contribution is 2.14. The van der Waals surface area contributed by atoms with E-state index in [1.54, 1.807) is 0 Å². The number of hydrogen-bond donors (Lipinski definition) is 1. The van der Waals surface area contributed by atoms with Crippen LogP contribution in [0.3, 0.4) is 0 Å². The SMILES string of the molecule is CCCCCCCC/C=C\CCCCCCCC(=O)OCCCCCCCCCCCCCCCCO. The Morgan fingerprint density at radius 1 is 0.514 bits per heavy atom. The lowest BCUT2D eigenvalue weighted by Crippen LogP contribution is -2.05. The van der Waals surface area contributed by atoms with Gasteiger partial charge in [-0.05, 0) is 44.9 Å². The van der Waals surface area contributed by atoms with Crippen molar-refractivity contribution in [1.29, 1.82) is 0 Å². The Hall–Kier alpha value is -0.830. The quantitative estimate of drug-likeness (QED) is 0.0559. The van der Waals surface area contributed by atoms with Crippen LogP contribution in [0.2, 0.25) is 0 Å². The molecule has 0 heterocycles. The van der Waals surface area contributed by atoms with E-state index in [0.29, 0.717) is 19.6 Å². The number of aliphatic hydroxyl groups excluding tert-OH is 1. The number of hydrogen-bond acceptors (Lipinski definition) is 3. The number of aliphatic hydroxyl groups is 1. The number of ether oxygens (including phenoxy) is 1. The monoisotopic (exact) mass is 523 g/mol. The summed E-state index contributed by atoms with van der Waals surface area (Å²) in [5.41, 5.74) is 0. The molecule has 0 bridgehead atoms. The molecule has 0 rings (SSSR count). The van der Waals surface area contributed by atoms with Crippen molar-refractivity contribution >= 4 is 5.97 Å². The third kappa shape index (κ3) is 33.1. The van der Waals surface area contributed by atoms with Crippen LogP contribution in [0.4, 0.5) is 0 Å². The van der Waals surface area contributed by atoms with Crippen molar-refractivity contribution in [3.63, 3.8) is 0 Å². The molecule has 0 saturated carbocycles. The lowest BCUT2D eigenvalue weighted by molar-refractivity contribution is -0.143. The van der Waals surface area contributed by atoms with Gasteiger partial charge in [0, 0.05) is 13.0 Å². The first-order valence-corrected chi connectivity index (χ1v) is 16.7. The first-order chi connectivity index (χ1) is 18.3. The summed E-state index contributed by atoms with van der Waals surface area (Å²) in [6.07, 6.45) is 39.9. The van der Waals surface area contributed by atoms with E-state index >= 15 is 0 Å². The van der Waals surface area contributed by atoms with E-state index in [4.69, 9.17) is 9.84 Å². The maximum atomic E-state index is 11.9. The molecular weight excluding hydrogens is 456 g/mol. The van der Waals surface area contributed by atoms with Gasteiger partial charge in [-0.2, -0.15) is 0 Å². The molecule has 0 amide bonds. The Morgan fingerprint density at radius 3 is 1.35 bits per heavy atom. The summed E-state index contributed by atoms with van der Waals surface area (Å²) < 4.78 is 5.41. The molecule has 0 aromatic carbocycles. The first kappa shape index (κ1) is 36.2. The normalized spacial score (nSPS) is 11.5. The van der Waals surface area contributed by atoms with E-state index in [2.05, 4.69) is 19.1 Å². The van der Waals surface area contributed by atoms with Crippen molar-refractivity contribution in [2.75, 3.05) is 13.2 Å². The van der Waals surface area contributed by atoms with Crippen molar-refractivity contribution in [1.82, 2.24) is 0 Å². The summed E-state index contributed by atoms with van der Waals surface area (Å²) in [6.45, 7) is 3.24. The topological polar surface area (TPSA) is 46.5 Å². The van der Waals surface area contributed by atoms with Crippen LogP contribution < -0.4 is 0 Å². The van der Waals surface area contributed by atoms with Gasteiger partial charge < -0.3 is 9.84 Å². The number of unbranched alkanes of at least 4 members (excludes halogenated alkanes) is 24. The molecule has 0 aliphatic rings. The maximum absolute atomic E-state index is 11.9. The van der Waals surface area contributed by atoms with Crippen LogP contribution in [-0.4, -0.2) is 24.3 Å². The molecule has 0 aromatic heterocycles. The van der Waals surface area contributed by atoms with Gasteiger partial charge in [0.25, 0.3) is 0 Å². The van der Waals surface area contributed by atoms with Gasteiger partial charge in [0.05, 0.1) is 6.61 Å². The molecule has 3 heteroatoms. The molecule has 3 nitrogen and oxygen atoms in total. The fourth-order valence-corrected chi connectivity index (χ4v) is 4.93. The summed E-state index contributed by atoms with van der Waals surface area (Å²) >= 11 is 0. The lowest BCUT2D eigenvalue weighted by atomic mass is 10.0. The minimum absolute atomic E-state index is 0.00558. The predicted molar refractivity (Wildman–Crippen MR) is 162 cm³/mol. The molecule has 0 unspecified atom stereocenters. The highest BCUT2D eigenvalue weighted by molar-refractivity contribution is 5.69. The predicted octanol–water partition coefficient (Wildman–Crippen LogP) is 11.0. The molecule has 1 N–H and O–H groups in total. The first-order valence-electron chi connectivity index (χ1n) is 16.7. The highest BCUT2D eigenvalue weighted by atomic mass is 16.5. The second-order valence-electron chi connectivity index (χ2n) is 11.2. The van der Waals surface area contributed by atoms with Crippen LogP contribution in [0, 0.1) is 0 Å². The Balaban J connectivity index is 3.19. The van der Waals surface area contributed by atoms with Crippen molar-refractivity contribution in [2.45, 2.75) is 187 Å². The van der Waals surface area contributed by atoms with Gasteiger partial charge in [-0.1, -0.05) is 147 Å². The van der Waals surface area contributed by atoms with Gasteiger partial charge >= 0.3 is 5.97 Å². The molecule has 0 spiro atoms. The minimum atomic E-state index is 0.00558. The van der Waals surface area contributed by atoms with Gasteiger partial charge in [-0.25, -0.2) is 0 Å². The van der Waals surface area contributed by atoms with Crippen molar-refractivity contribution in [3.05, 3.63) is 12.2 Å². The minimum Gasteiger partial charge on any atom is -0.466 e. The van der Waals surface area contributed by atoms with Crippen LogP contribution in [0.25, 0.3) is 0 Å². The fraction of sp³-hybridized carbons (Fsp3) is 0.912. The van der Waals surface area contributed by atoms with E-state index in [9.17, 15) is 4.79 Å². The largest absolute Gasteiger partial charge is 0.466 e. The summed E-state index contributed by atoms with van der Waals surface area (Å²) in [5, 5.41) is 8.77. The molecule has 0 aromatic rings. The second-order valence-corrected chi connectivity index (χ2v) is 11.2. The van der Waals surface area contributed by atoms with Crippen molar-refractivity contribution < 1.29 is 14.6 Å². The Labute approximate surface area is 232 Å². The number of rotatable bonds is 31. The van der Waals surface area contributed by atoms with Gasteiger partial charge in [-0.15, -0.1) is 0 Å². The summed E-state index contributed by atoms with van der Waals surface area (Å²) in [7, 11) is 0. The number of allylic oxidation sites excluding steroid dienone is 2. The van der Waals surface area contributed by atoms with E-state index in [0.717, 1.165) is 25.7 Å². The molecule has 0 fully saturated rings. The lowest BCUT2D eigenvalue weighted by Gasteiger charge is -2.05. The molecule has 0 radical (unpaired) electrons. The number of carbonyl (C=O) groups is 1. The van der Waals surface area contributed by atoms with E-state index < -0.39 is 0 Å². The summed E-state index contributed by atoms with van der Waals surface area (Å²) in [4.78, 5) is 11.9. The molecule has 0 aliphatic heterocycles. The smallest absolute Gasteiger partial charge is 0.305 e. The zero-order valence-electron chi connectivity index (χ0n) is 25.1. The van der Waals surface area contributed by atoms with Crippen molar-refractivity contribution in [2.24, 2.45) is 0 Å². The summed E-state index contributed by atoms with van der Waals surface area (Å²) in [6, 6.07) is 0. The maximum Gasteiger partial charge on any atom is 0.305 e. The van der Waals surface area contributed by atoms with Crippen LogP contribution in [-0.2, 0) is 9.53 Å². The molecule has 0 saturated heterocycles. The van der Waals surface area contributed by atoms with Crippen LogP contribution in [0.1, 0.15) is 187 Å². The Kier molecular flexibility index (Phi) is 32.5. The number of carbonyl (C=O) groups excluding carboxylic acids is 1. The Morgan fingerprint density at radius 2 is 0.892 bits per heavy atom. The Bertz CT molecular complexity index is 460. The third-order valence-corrected chi connectivity index (χ3v) is 7.46. The molecule has 0 atom stereocenters. The van der Waals surface area contributed by atoms with Gasteiger partial charge in [-0.3, -0.25) is 4.79 Å². The zero-order chi connectivity index (χ0) is 26.9. The standard InChI is InChI=1S/C34H66O3/c1-2-3-4-5-6-7-8-9-10-13-16-19-22-25-28-31-34(36)37-33-30-27-24-21-18-15-12-11-14-17-20-23-26-29-32-35/h9-10,35H,2-8,11-33H2,1H3/b10-9-. The molecule has 220 valence electrons. The fourth-order valence-electron chi connectivity index (χ4n) is 4.93. The van der Waals surface area contributed by atoms with Gasteiger partial charge in [0.15, 0.2) is 0 Å². The molecular formula is C34H66O3. The van der Waals surface area contributed by atoms with Crippen LogP contribution >= 0.6 is 0 Å². The highest BCUT2D eigenvalue weighted by Gasteiger charge is 2.02. The van der Waals surface area contributed by atoms with Crippen molar-refractivity contribution in [3.8, 4) is 0 Å². The van der Waals surface area contributed by atoms with Gasteiger partial charge in [0.1, 0.15) is 0 Å². The van der Waals surface area contributed by atoms with Gasteiger partial charge in [0.2, 0.25) is 0 Å². The zero-order valence-corrected chi connectivity index (χ0v) is 25.1. The third-order valence-electron chi connectivity index (χ3n) is 7.46. The summed E-state index contributed by atoms with van der Waals surface area (Å²) in [5.74, 6) is 0.00558. The van der Waals surface area contributed by atoms with Crippen LogP contribution in [0.15, 0.2) is 12.2 Å². The van der Waals surface area contributed by atoms with E-state index in [1.165, 1.54) is 148 Å². The average Bonchev–Trinajstić information content (AvgIpc) is 2.90. The second kappa shape index (κ2) is 33.2. The van der Waals surface area contributed by atoms with E-state index in [-0.39, 0.29) is 5.97 Å². The number of esters is 1. The molecule has 37 heavy (non-hydrogen) atoms. The van der Waals surface area contributed by atoms with Crippen LogP contribution in [0.5, 0.6) is 0 Å². The average molecular weight is 523 g/mol. The molecule has 0 aliphatic carbocycles. The van der Waals surface area contributed by atoms with E-state index in [1.807, 2.05) is 0 Å².